The lowest BCUT2D eigenvalue weighted by atomic mass is 10.1. The Labute approximate surface area is 176 Å². The molecule has 0 heterocycles. The maximum atomic E-state index is 12.3. The zero-order valence-electron chi connectivity index (χ0n) is 15.7. The number of carbonyl (C=O) groups is 6. The van der Waals surface area contributed by atoms with E-state index in [1.807, 2.05) is 10.6 Å². The van der Waals surface area contributed by atoms with Gasteiger partial charge in [-0.15, -0.1) is 0 Å². The summed E-state index contributed by atoms with van der Waals surface area (Å²) < 4.78 is 0. The summed E-state index contributed by atoms with van der Waals surface area (Å²) >= 11 is 3.75. The number of primary amides is 1. The second-order valence-electron chi connectivity index (χ2n) is 6.10. The largest absolute Gasteiger partial charge is 0.481 e. The average molecular weight is 451 g/mol. The number of rotatable bonds is 14. The van der Waals surface area contributed by atoms with Crippen LogP contribution in [0.3, 0.4) is 0 Å². The van der Waals surface area contributed by atoms with E-state index in [1.54, 1.807) is 0 Å². The molecule has 0 radical (unpaired) electrons. The van der Waals surface area contributed by atoms with Gasteiger partial charge >= 0.3 is 11.9 Å². The van der Waals surface area contributed by atoms with Crippen LogP contribution in [-0.4, -0.2) is 87.4 Å². The Hall–Kier alpha value is -2.91. The van der Waals surface area contributed by atoms with Gasteiger partial charge in [0.2, 0.25) is 23.6 Å². The van der Waals surface area contributed by atoms with Crippen LogP contribution in [-0.2, 0) is 28.8 Å². The molecular formula is C15H25N5O9S. The van der Waals surface area contributed by atoms with Crippen molar-refractivity contribution in [1.29, 1.82) is 0 Å². The van der Waals surface area contributed by atoms with Crippen LogP contribution in [0.4, 0.5) is 0 Å². The molecule has 0 saturated heterocycles. The lowest BCUT2D eigenvalue weighted by Gasteiger charge is -2.23. The van der Waals surface area contributed by atoms with Crippen molar-refractivity contribution in [2.75, 3.05) is 12.4 Å². The Bertz CT molecular complexity index is 675. The minimum absolute atomic E-state index is 0.120. The van der Waals surface area contributed by atoms with Crippen molar-refractivity contribution in [1.82, 2.24) is 16.0 Å². The number of aliphatic hydroxyl groups is 1. The monoisotopic (exact) mass is 451 g/mol. The molecule has 4 amide bonds. The molecule has 4 atom stereocenters. The first-order valence-corrected chi connectivity index (χ1v) is 9.17. The number of hydrogen-bond acceptors (Lipinski definition) is 9. The molecule has 0 rings (SSSR count). The number of carboxylic acids is 2. The van der Waals surface area contributed by atoms with Gasteiger partial charge in [0.05, 0.1) is 19.1 Å². The Balaban J connectivity index is 5.14. The van der Waals surface area contributed by atoms with Crippen LogP contribution in [0.2, 0.25) is 0 Å². The molecule has 170 valence electrons. The van der Waals surface area contributed by atoms with E-state index in [1.165, 1.54) is 0 Å². The number of hydrogen-bond donors (Lipinski definition) is 9. The van der Waals surface area contributed by atoms with E-state index in [4.69, 9.17) is 21.7 Å². The zero-order valence-corrected chi connectivity index (χ0v) is 16.6. The van der Waals surface area contributed by atoms with Gasteiger partial charge in [0.15, 0.2) is 0 Å². The van der Waals surface area contributed by atoms with E-state index in [0.717, 1.165) is 0 Å². The van der Waals surface area contributed by atoms with E-state index in [-0.39, 0.29) is 18.6 Å². The fourth-order valence-electron chi connectivity index (χ4n) is 2.02. The highest BCUT2D eigenvalue weighted by Gasteiger charge is 2.31. The van der Waals surface area contributed by atoms with Crippen LogP contribution in [0.5, 0.6) is 0 Å². The number of carbonyl (C=O) groups excluding carboxylic acids is 4. The quantitative estimate of drug-likeness (QED) is 0.114. The first kappa shape index (κ1) is 27.1. The van der Waals surface area contributed by atoms with Gasteiger partial charge in [0.25, 0.3) is 0 Å². The first-order chi connectivity index (χ1) is 13.9. The molecule has 30 heavy (non-hydrogen) atoms. The normalized spacial score (nSPS) is 14.5. The highest BCUT2D eigenvalue weighted by Crippen LogP contribution is 1.99. The molecule has 0 aliphatic rings. The predicted octanol–water partition coefficient (Wildman–Crippen LogP) is -4.48. The van der Waals surface area contributed by atoms with Crippen molar-refractivity contribution in [3.8, 4) is 0 Å². The molecule has 0 spiro atoms. The van der Waals surface area contributed by atoms with Crippen LogP contribution in [0.25, 0.3) is 0 Å². The fourth-order valence-corrected chi connectivity index (χ4v) is 2.26. The first-order valence-electron chi connectivity index (χ1n) is 8.54. The summed E-state index contributed by atoms with van der Waals surface area (Å²) in [4.78, 5) is 69.1. The molecule has 0 fully saturated rings. The van der Waals surface area contributed by atoms with Crippen LogP contribution < -0.4 is 27.4 Å². The lowest BCUT2D eigenvalue weighted by Crippen LogP contribution is -2.58. The van der Waals surface area contributed by atoms with E-state index in [2.05, 4.69) is 17.9 Å². The molecule has 15 heteroatoms. The van der Waals surface area contributed by atoms with Crippen molar-refractivity contribution in [3.05, 3.63) is 0 Å². The minimum Gasteiger partial charge on any atom is -0.481 e. The summed E-state index contributed by atoms with van der Waals surface area (Å²) in [7, 11) is 0. The number of carboxylic acid groups (broad SMARTS) is 2. The highest BCUT2D eigenvalue weighted by molar-refractivity contribution is 7.80. The molecule has 4 unspecified atom stereocenters. The molecule has 0 aliphatic carbocycles. The van der Waals surface area contributed by atoms with Crippen molar-refractivity contribution >= 4 is 48.2 Å². The number of nitrogens with one attached hydrogen (secondary N) is 3. The maximum Gasteiger partial charge on any atom is 0.327 e. The number of nitrogens with two attached hydrogens (primary N) is 2. The fraction of sp³-hybridized carbons (Fsp3) is 0.600. The number of aliphatic carboxylic acids is 2. The second-order valence-corrected chi connectivity index (χ2v) is 6.46. The van der Waals surface area contributed by atoms with Crippen LogP contribution in [0.15, 0.2) is 0 Å². The molecule has 0 aromatic heterocycles. The summed E-state index contributed by atoms with van der Waals surface area (Å²) in [5.74, 6) is -7.03. The van der Waals surface area contributed by atoms with E-state index >= 15 is 0 Å². The van der Waals surface area contributed by atoms with Crippen LogP contribution in [0, 0.1) is 0 Å². The molecule has 0 aromatic carbocycles. The van der Waals surface area contributed by atoms with Crippen molar-refractivity contribution in [3.63, 3.8) is 0 Å². The number of thiol groups is 1. The van der Waals surface area contributed by atoms with Crippen molar-refractivity contribution in [2.24, 2.45) is 11.5 Å². The summed E-state index contributed by atoms with van der Waals surface area (Å²) in [5.41, 5.74) is 10.5. The van der Waals surface area contributed by atoms with E-state index in [0.29, 0.717) is 0 Å². The SMILES string of the molecule is NC(=O)CCC(N)C(=O)NC(CO)C(=O)NC(CC(=O)O)C(=O)NC(CS)C(=O)O. The van der Waals surface area contributed by atoms with Gasteiger partial charge in [-0.2, -0.15) is 12.6 Å². The van der Waals surface area contributed by atoms with Gasteiger partial charge in [-0.1, -0.05) is 0 Å². The van der Waals surface area contributed by atoms with Crippen LogP contribution >= 0.6 is 12.6 Å². The topological polar surface area (TPSA) is 251 Å². The molecular weight excluding hydrogens is 426 g/mol. The number of aliphatic hydroxyl groups excluding tert-OH is 1. The van der Waals surface area contributed by atoms with Crippen molar-refractivity contribution in [2.45, 2.75) is 43.4 Å². The van der Waals surface area contributed by atoms with E-state index < -0.39 is 72.8 Å². The molecule has 14 nitrogen and oxygen atoms in total. The Morgan fingerprint density at radius 3 is 1.80 bits per heavy atom. The van der Waals surface area contributed by atoms with Crippen LogP contribution in [0.1, 0.15) is 19.3 Å². The Kier molecular flexibility index (Phi) is 12.0. The van der Waals surface area contributed by atoms with Crippen molar-refractivity contribution < 1.29 is 44.1 Å². The van der Waals surface area contributed by atoms with E-state index in [9.17, 15) is 33.9 Å². The smallest absolute Gasteiger partial charge is 0.327 e. The third-order valence-corrected chi connectivity index (χ3v) is 4.03. The molecule has 10 N–H and O–H groups in total. The Morgan fingerprint density at radius 2 is 1.37 bits per heavy atom. The third-order valence-electron chi connectivity index (χ3n) is 3.66. The minimum atomic E-state index is -1.70. The molecule has 0 bridgehead atoms. The highest BCUT2D eigenvalue weighted by atomic mass is 32.1. The Morgan fingerprint density at radius 1 is 0.867 bits per heavy atom. The lowest BCUT2D eigenvalue weighted by molar-refractivity contribution is -0.143. The molecule has 0 saturated carbocycles. The standard InChI is InChI=1S/C15H25N5O9S/c16-6(1-2-10(17)22)12(25)19-8(4-21)14(27)18-7(3-11(23)24)13(26)20-9(5-30)15(28)29/h6-9,21,30H,1-5,16H2,(H2,17,22)(H,18,27)(H,19,25)(H,20,26)(H,23,24)(H,28,29). The summed E-state index contributed by atoms with van der Waals surface area (Å²) in [6, 6.07) is -5.96. The zero-order chi connectivity index (χ0) is 23.4. The average Bonchev–Trinajstić information content (AvgIpc) is 2.66. The second kappa shape index (κ2) is 13.3. The van der Waals surface area contributed by atoms with Gasteiger partial charge in [0.1, 0.15) is 18.1 Å². The van der Waals surface area contributed by atoms with Gasteiger partial charge in [-0.3, -0.25) is 24.0 Å². The number of amides is 4. The predicted molar refractivity (Wildman–Crippen MR) is 103 cm³/mol. The third kappa shape index (κ3) is 10.0. The molecule has 0 aliphatic heterocycles. The van der Waals surface area contributed by atoms with Gasteiger partial charge in [-0.05, 0) is 6.42 Å². The summed E-state index contributed by atoms with van der Waals surface area (Å²) in [6.45, 7) is -0.921. The molecule has 0 aromatic rings. The summed E-state index contributed by atoms with van der Waals surface area (Å²) in [5, 5.41) is 33.3. The van der Waals surface area contributed by atoms with Gasteiger partial charge in [-0.25, -0.2) is 4.79 Å². The van der Waals surface area contributed by atoms with Gasteiger partial charge in [0, 0.05) is 12.2 Å². The summed E-state index contributed by atoms with van der Waals surface area (Å²) in [6.07, 6.45) is -1.21. The van der Waals surface area contributed by atoms with Gasteiger partial charge < -0.3 is 42.7 Å². The maximum absolute atomic E-state index is 12.3.